The lowest BCUT2D eigenvalue weighted by Gasteiger charge is -2.26. The minimum Gasteiger partial charge on any atom is -0.452 e. The summed E-state index contributed by atoms with van der Waals surface area (Å²) in [6, 6.07) is 13.9. The van der Waals surface area contributed by atoms with Gasteiger partial charge in [0.1, 0.15) is 5.69 Å². The van der Waals surface area contributed by atoms with Gasteiger partial charge in [-0.15, -0.1) is 0 Å². The predicted octanol–water partition coefficient (Wildman–Crippen LogP) is 3.76. The lowest BCUT2D eigenvalue weighted by molar-refractivity contribution is -0.384. The van der Waals surface area contributed by atoms with E-state index >= 15 is 0 Å². The summed E-state index contributed by atoms with van der Waals surface area (Å²) in [7, 11) is 0. The van der Waals surface area contributed by atoms with Crippen molar-refractivity contribution in [3.63, 3.8) is 0 Å². The highest BCUT2D eigenvalue weighted by molar-refractivity contribution is 5.93. The molecule has 1 aliphatic carbocycles. The van der Waals surface area contributed by atoms with Gasteiger partial charge in [0.05, 0.1) is 10.5 Å². The zero-order chi connectivity index (χ0) is 21.7. The summed E-state index contributed by atoms with van der Waals surface area (Å²) in [6.07, 6.45) is 1.94. The molecule has 0 heterocycles. The Morgan fingerprint density at radius 2 is 1.90 bits per heavy atom. The summed E-state index contributed by atoms with van der Waals surface area (Å²) in [6.45, 7) is 3.75. The molecule has 3 rings (SSSR count). The summed E-state index contributed by atoms with van der Waals surface area (Å²) in [5.41, 5.74) is 1.20. The SMILES string of the molecule is CC(C)N(Cc1ccccc1)C(=O)COC(=O)c1ccc(NC2CC2)c([N+](=O)[O-])c1. The van der Waals surface area contributed by atoms with Gasteiger partial charge in [0.15, 0.2) is 6.61 Å². The molecule has 1 fully saturated rings. The number of rotatable bonds is 9. The van der Waals surface area contributed by atoms with E-state index in [9.17, 15) is 19.7 Å². The number of ether oxygens (including phenoxy) is 1. The maximum absolute atomic E-state index is 12.6. The molecule has 2 aromatic carbocycles. The Kier molecular flexibility index (Phi) is 6.66. The van der Waals surface area contributed by atoms with Crippen LogP contribution in [0.15, 0.2) is 48.5 Å². The molecule has 0 unspecified atom stereocenters. The van der Waals surface area contributed by atoms with Crippen LogP contribution in [0.25, 0.3) is 0 Å². The van der Waals surface area contributed by atoms with E-state index in [0.29, 0.717) is 12.2 Å². The number of hydrogen-bond donors (Lipinski definition) is 1. The van der Waals surface area contributed by atoms with Crippen molar-refractivity contribution in [2.24, 2.45) is 0 Å². The number of nitro groups is 1. The van der Waals surface area contributed by atoms with Crippen LogP contribution in [0.5, 0.6) is 0 Å². The Morgan fingerprint density at radius 3 is 2.50 bits per heavy atom. The monoisotopic (exact) mass is 411 g/mol. The van der Waals surface area contributed by atoms with Crippen molar-refractivity contribution in [2.75, 3.05) is 11.9 Å². The Labute approximate surface area is 175 Å². The molecule has 8 nitrogen and oxygen atoms in total. The minimum atomic E-state index is -0.771. The Bertz CT molecular complexity index is 926. The van der Waals surface area contributed by atoms with E-state index in [4.69, 9.17) is 4.74 Å². The van der Waals surface area contributed by atoms with Crippen LogP contribution in [-0.4, -0.2) is 40.4 Å². The number of carbonyl (C=O) groups excluding carboxylic acids is 2. The molecule has 30 heavy (non-hydrogen) atoms. The summed E-state index contributed by atoms with van der Waals surface area (Å²) < 4.78 is 5.15. The van der Waals surface area contributed by atoms with E-state index in [1.165, 1.54) is 18.2 Å². The van der Waals surface area contributed by atoms with Gasteiger partial charge in [0, 0.05) is 24.7 Å². The molecule has 1 saturated carbocycles. The van der Waals surface area contributed by atoms with E-state index in [0.717, 1.165) is 18.4 Å². The number of carbonyl (C=O) groups is 2. The van der Waals surface area contributed by atoms with Crippen molar-refractivity contribution in [3.05, 3.63) is 69.8 Å². The number of nitrogens with one attached hydrogen (secondary N) is 1. The molecule has 2 aromatic rings. The van der Waals surface area contributed by atoms with Gasteiger partial charge in [-0.3, -0.25) is 14.9 Å². The van der Waals surface area contributed by atoms with Gasteiger partial charge in [-0.1, -0.05) is 30.3 Å². The van der Waals surface area contributed by atoms with Gasteiger partial charge in [0.2, 0.25) is 0 Å². The number of hydrogen-bond acceptors (Lipinski definition) is 6. The predicted molar refractivity (Wildman–Crippen MR) is 112 cm³/mol. The van der Waals surface area contributed by atoms with Gasteiger partial charge >= 0.3 is 5.97 Å². The molecule has 0 radical (unpaired) electrons. The topological polar surface area (TPSA) is 102 Å². The first kappa shape index (κ1) is 21.3. The van der Waals surface area contributed by atoms with E-state index in [2.05, 4.69) is 5.32 Å². The average Bonchev–Trinajstić information content (AvgIpc) is 3.54. The molecule has 1 N–H and O–H groups in total. The van der Waals surface area contributed by atoms with Crippen molar-refractivity contribution in [1.82, 2.24) is 4.90 Å². The van der Waals surface area contributed by atoms with Crippen molar-refractivity contribution in [3.8, 4) is 0 Å². The number of esters is 1. The molecule has 0 saturated heterocycles. The summed E-state index contributed by atoms with van der Waals surface area (Å²) in [5, 5.41) is 14.4. The van der Waals surface area contributed by atoms with Crippen molar-refractivity contribution in [2.45, 2.75) is 45.3 Å². The molecule has 0 aliphatic heterocycles. The Morgan fingerprint density at radius 1 is 1.20 bits per heavy atom. The second-order valence-electron chi connectivity index (χ2n) is 7.58. The van der Waals surface area contributed by atoms with Crippen LogP contribution in [0.4, 0.5) is 11.4 Å². The van der Waals surface area contributed by atoms with Gasteiger partial charge in [-0.2, -0.15) is 0 Å². The first-order valence-corrected chi connectivity index (χ1v) is 9.90. The van der Waals surface area contributed by atoms with Crippen LogP contribution in [-0.2, 0) is 16.1 Å². The molecule has 0 aromatic heterocycles. The number of nitro benzene ring substituents is 1. The van der Waals surface area contributed by atoms with Gasteiger partial charge in [-0.25, -0.2) is 4.79 Å². The lowest BCUT2D eigenvalue weighted by atomic mass is 10.1. The van der Waals surface area contributed by atoms with E-state index < -0.39 is 17.5 Å². The molecular weight excluding hydrogens is 386 g/mol. The highest BCUT2D eigenvalue weighted by Crippen LogP contribution is 2.31. The molecule has 1 amide bonds. The quantitative estimate of drug-likeness (QED) is 0.383. The smallest absolute Gasteiger partial charge is 0.338 e. The van der Waals surface area contributed by atoms with E-state index in [1.807, 2.05) is 44.2 Å². The first-order valence-electron chi connectivity index (χ1n) is 9.90. The molecule has 8 heteroatoms. The summed E-state index contributed by atoms with van der Waals surface area (Å²) >= 11 is 0. The molecule has 0 atom stereocenters. The normalized spacial score (nSPS) is 13.0. The fourth-order valence-electron chi connectivity index (χ4n) is 3.01. The standard InChI is InChI=1S/C22H25N3O5/c1-15(2)24(13-16-6-4-3-5-7-16)21(26)14-30-22(27)17-8-11-19(23-18-9-10-18)20(12-17)25(28)29/h3-8,11-12,15,18,23H,9-10,13-14H2,1-2H3. The summed E-state index contributed by atoms with van der Waals surface area (Å²) in [4.78, 5) is 37.4. The third-order valence-electron chi connectivity index (χ3n) is 4.83. The third kappa shape index (κ3) is 5.56. The maximum Gasteiger partial charge on any atom is 0.338 e. The molecule has 0 spiro atoms. The number of anilines is 1. The van der Waals surface area contributed by atoms with Crippen molar-refractivity contribution in [1.29, 1.82) is 0 Å². The maximum atomic E-state index is 12.6. The molecular formula is C22H25N3O5. The molecule has 1 aliphatic rings. The number of nitrogens with zero attached hydrogens (tertiary/aromatic N) is 2. The minimum absolute atomic E-state index is 0.0370. The van der Waals surface area contributed by atoms with Gasteiger partial charge in [0.25, 0.3) is 11.6 Å². The molecule has 158 valence electrons. The second kappa shape index (κ2) is 9.39. The summed E-state index contributed by atoms with van der Waals surface area (Å²) in [5.74, 6) is -1.10. The van der Waals surface area contributed by atoms with E-state index in [-0.39, 0.29) is 29.2 Å². The third-order valence-corrected chi connectivity index (χ3v) is 4.83. The lowest BCUT2D eigenvalue weighted by Crippen LogP contribution is -2.39. The van der Waals surface area contributed by atoms with Crippen LogP contribution < -0.4 is 5.32 Å². The average molecular weight is 411 g/mol. The Hall–Kier alpha value is -3.42. The Balaban J connectivity index is 1.64. The van der Waals surface area contributed by atoms with Gasteiger partial charge in [-0.05, 0) is 44.4 Å². The van der Waals surface area contributed by atoms with Crippen LogP contribution in [0.1, 0.15) is 42.6 Å². The largest absolute Gasteiger partial charge is 0.452 e. The zero-order valence-electron chi connectivity index (χ0n) is 17.0. The molecule has 0 bridgehead atoms. The highest BCUT2D eigenvalue weighted by atomic mass is 16.6. The van der Waals surface area contributed by atoms with Crippen molar-refractivity contribution >= 4 is 23.3 Å². The van der Waals surface area contributed by atoms with E-state index in [1.54, 1.807) is 4.90 Å². The van der Waals surface area contributed by atoms with Crippen molar-refractivity contribution < 1.29 is 19.2 Å². The number of benzene rings is 2. The highest BCUT2D eigenvalue weighted by Gasteiger charge is 2.26. The van der Waals surface area contributed by atoms with Crippen LogP contribution in [0.3, 0.4) is 0 Å². The van der Waals surface area contributed by atoms with Crippen LogP contribution in [0, 0.1) is 10.1 Å². The van der Waals surface area contributed by atoms with Crippen LogP contribution in [0.2, 0.25) is 0 Å². The van der Waals surface area contributed by atoms with Gasteiger partial charge < -0.3 is 15.0 Å². The zero-order valence-corrected chi connectivity index (χ0v) is 17.0. The first-order chi connectivity index (χ1) is 14.3. The van der Waals surface area contributed by atoms with Crippen LogP contribution >= 0.6 is 0 Å². The fraction of sp³-hybridized carbons (Fsp3) is 0.364. The fourth-order valence-corrected chi connectivity index (χ4v) is 3.01. The second-order valence-corrected chi connectivity index (χ2v) is 7.58. The number of amides is 1.